The van der Waals surface area contributed by atoms with Crippen molar-refractivity contribution >= 4 is 17.6 Å². The smallest absolute Gasteiger partial charge is 0.327 e. The van der Waals surface area contributed by atoms with E-state index >= 15 is 0 Å². The molecule has 1 N–H and O–H groups in total. The van der Waals surface area contributed by atoms with E-state index in [1.807, 2.05) is 0 Å². The van der Waals surface area contributed by atoms with Gasteiger partial charge in [0.15, 0.2) is 0 Å². The van der Waals surface area contributed by atoms with Gasteiger partial charge < -0.3 is 10.1 Å². The van der Waals surface area contributed by atoms with Crippen LogP contribution in [0.2, 0.25) is 5.02 Å². The zero-order valence-corrected chi connectivity index (χ0v) is 11.6. The molecule has 6 nitrogen and oxygen atoms in total. The number of hydrogen-bond acceptors (Lipinski definition) is 4. The fraction of sp³-hybridized carbons (Fsp3) is 0.417. The van der Waals surface area contributed by atoms with Crippen LogP contribution in [0.5, 0.6) is 0 Å². The van der Waals surface area contributed by atoms with E-state index in [1.165, 1.54) is 12.1 Å². The minimum absolute atomic E-state index is 0.124. The van der Waals surface area contributed by atoms with E-state index in [1.54, 1.807) is 6.92 Å². The molecular formula is C12H14ClFN4O2. The van der Waals surface area contributed by atoms with Crippen molar-refractivity contribution in [2.75, 3.05) is 19.7 Å². The molecule has 0 aromatic heterocycles. The first kappa shape index (κ1) is 16.2. The third kappa shape index (κ3) is 4.70. The minimum atomic E-state index is -0.836. The van der Waals surface area contributed by atoms with Gasteiger partial charge in [-0.15, -0.1) is 0 Å². The van der Waals surface area contributed by atoms with Crippen LogP contribution >= 0.6 is 11.6 Å². The van der Waals surface area contributed by atoms with E-state index in [2.05, 4.69) is 15.3 Å². The van der Waals surface area contributed by atoms with Crippen molar-refractivity contribution < 1.29 is 13.9 Å². The molecule has 0 aliphatic heterocycles. The van der Waals surface area contributed by atoms with Gasteiger partial charge in [0.05, 0.1) is 6.61 Å². The second kappa shape index (κ2) is 8.37. The molecule has 1 atom stereocenters. The van der Waals surface area contributed by atoms with E-state index in [0.717, 1.165) is 6.07 Å². The maximum atomic E-state index is 13.0. The number of azide groups is 1. The summed E-state index contributed by atoms with van der Waals surface area (Å²) >= 11 is 5.94. The van der Waals surface area contributed by atoms with Gasteiger partial charge in [0.25, 0.3) is 0 Å². The predicted molar refractivity (Wildman–Crippen MR) is 72.8 cm³/mol. The molecule has 108 valence electrons. The van der Waals surface area contributed by atoms with E-state index in [4.69, 9.17) is 21.9 Å². The van der Waals surface area contributed by atoms with Gasteiger partial charge in [-0.2, -0.15) is 0 Å². The largest absolute Gasteiger partial charge is 0.465 e. The quantitative estimate of drug-likeness (QED) is 0.276. The molecule has 0 saturated heterocycles. The number of hydrogen-bond donors (Lipinski definition) is 1. The Bertz CT molecular complexity index is 520. The first-order valence-electron chi connectivity index (χ1n) is 5.96. The van der Waals surface area contributed by atoms with E-state index in [-0.39, 0.29) is 24.7 Å². The minimum Gasteiger partial charge on any atom is -0.465 e. The van der Waals surface area contributed by atoms with Gasteiger partial charge in [-0.1, -0.05) is 22.8 Å². The van der Waals surface area contributed by atoms with E-state index in [9.17, 15) is 9.18 Å². The molecule has 1 aromatic rings. The summed E-state index contributed by atoms with van der Waals surface area (Å²) in [5, 5.41) is 6.35. The third-order valence-electron chi connectivity index (χ3n) is 2.42. The normalized spacial score (nSPS) is 11.6. The second-order valence-corrected chi connectivity index (χ2v) is 4.17. The molecule has 0 spiro atoms. The molecule has 1 aromatic carbocycles. The molecule has 1 rings (SSSR count). The van der Waals surface area contributed by atoms with Gasteiger partial charge in [0.1, 0.15) is 11.9 Å². The van der Waals surface area contributed by atoms with Crippen LogP contribution in [0.15, 0.2) is 23.3 Å². The topological polar surface area (TPSA) is 87.1 Å². The monoisotopic (exact) mass is 300 g/mol. The van der Waals surface area contributed by atoms with Crippen LogP contribution in [-0.2, 0) is 9.53 Å². The van der Waals surface area contributed by atoms with Crippen molar-refractivity contribution in [3.8, 4) is 0 Å². The summed E-state index contributed by atoms with van der Waals surface area (Å²) < 4.78 is 18.0. The van der Waals surface area contributed by atoms with Crippen molar-refractivity contribution in [3.05, 3.63) is 45.0 Å². The van der Waals surface area contributed by atoms with Gasteiger partial charge in [-0.25, -0.2) is 9.18 Å². The highest BCUT2D eigenvalue weighted by atomic mass is 35.5. The Hall–Kier alpha value is -1.82. The lowest BCUT2D eigenvalue weighted by Gasteiger charge is -2.18. The van der Waals surface area contributed by atoms with Crippen LogP contribution in [0.25, 0.3) is 10.4 Å². The Morgan fingerprint density at radius 2 is 2.40 bits per heavy atom. The second-order valence-electron chi connectivity index (χ2n) is 3.76. The van der Waals surface area contributed by atoms with Gasteiger partial charge in [0.2, 0.25) is 0 Å². The van der Waals surface area contributed by atoms with Gasteiger partial charge in [0, 0.05) is 23.0 Å². The molecule has 0 aliphatic rings. The van der Waals surface area contributed by atoms with Crippen LogP contribution in [0.4, 0.5) is 4.39 Å². The number of halogens is 2. The third-order valence-corrected chi connectivity index (χ3v) is 2.75. The molecule has 0 aliphatic carbocycles. The van der Waals surface area contributed by atoms with Crippen LogP contribution in [0, 0.1) is 5.82 Å². The molecule has 20 heavy (non-hydrogen) atoms. The number of esters is 1. The van der Waals surface area contributed by atoms with Crippen LogP contribution in [0.3, 0.4) is 0 Å². The number of rotatable bonds is 7. The van der Waals surface area contributed by atoms with Crippen molar-refractivity contribution in [2.45, 2.75) is 13.0 Å². The lowest BCUT2D eigenvalue weighted by Crippen LogP contribution is -2.32. The first-order chi connectivity index (χ1) is 9.60. The Morgan fingerprint density at radius 1 is 1.65 bits per heavy atom. The highest BCUT2D eigenvalue weighted by Gasteiger charge is 2.23. The Morgan fingerprint density at radius 3 is 3.00 bits per heavy atom. The number of nitrogens with zero attached hydrogens (tertiary/aromatic N) is 3. The summed E-state index contributed by atoms with van der Waals surface area (Å²) in [7, 11) is 0. The summed E-state index contributed by atoms with van der Waals surface area (Å²) in [4.78, 5) is 14.5. The molecule has 0 fully saturated rings. The number of carbonyl (C=O) groups is 1. The van der Waals surface area contributed by atoms with Crippen molar-refractivity contribution in [1.29, 1.82) is 0 Å². The highest BCUT2D eigenvalue weighted by molar-refractivity contribution is 6.31. The van der Waals surface area contributed by atoms with Gasteiger partial charge in [-0.05, 0) is 30.2 Å². The molecule has 8 heteroatoms. The number of benzene rings is 1. The average Bonchev–Trinajstić information content (AvgIpc) is 2.40. The molecule has 1 unspecified atom stereocenters. The van der Waals surface area contributed by atoms with Crippen molar-refractivity contribution in [3.63, 3.8) is 0 Å². The maximum Gasteiger partial charge on any atom is 0.327 e. The molecule has 0 radical (unpaired) electrons. The fourth-order valence-corrected chi connectivity index (χ4v) is 1.86. The molecule has 0 amide bonds. The van der Waals surface area contributed by atoms with Crippen molar-refractivity contribution in [2.24, 2.45) is 5.11 Å². The Balaban J connectivity index is 2.90. The molecule has 0 heterocycles. The molecule has 0 saturated carbocycles. The summed E-state index contributed by atoms with van der Waals surface area (Å²) in [5.74, 6) is -1.02. The molecule has 0 bridgehead atoms. The summed E-state index contributed by atoms with van der Waals surface area (Å²) in [6.07, 6.45) is 0. The summed E-state index contributed by atoms with van der Waals surface area (Å²) in [5.41, 5.74) is 8.60. The standard InChI is InChI=1S/C12H14ClFN4O2/c1-2-20-12(19)11(16-5-6-17-18-15)9-4-3-8(14)7-10(9)13/h3-4,7,11,16H,2,5-6H2,1H3. The van der Waals surface area contributed by atoms with Crippen LogP contribution in [-0.4, -0.2) is 25.7 Å². The SMILES string of the molecule is CCOC(=O)C(NCCN=[N+]=[N-])c1ccc(F)cc1Cl. The van der Waals surface area contributed by atoms with Crippen LogP contribution < -0.4 is 5.32 Å². The Kier molecular flexibility index (Phi) is 6.79. The van der Waals surface area contributed by atoms with Gasteiger partial charge in [-0.3, -0.25) is 0 Å². The Labute approximate surface area is 120 Å². The first-order valence-corrected chi connectivity index (χ1v) is 6.33. The number of ether oxygens (including phenoxy) is 1. The lowest BCUT2D eigenvalue weighted by atomic mass is 10.1. The fourth-order valence-electron chi connectivity index (χ4n) is 1.59. The summed E-state index contributed by atoms with van der Waals surface area (Å²) in [6, 6.07) is 2.91. The average molecular weight is 301 g/mol. The number of nitrogens with one attached hydrogen (secondary N) is 1. The lowest BCUT2D eigenvalue weighted by molar-refractivity contribution is -0.145. The van der Waals surface area contributed by atoms with E-state index in [0.29, 0.717) is 5.56 Å². The maximum absolute atomic E-state index is 13.0. The predicted octanol–water partition coefficient (Wildman–Crippen LogP) is 2.98. The zero-order valence-electron chi connectivity index (χ0n) is 10.8. The highest BCUT2D eigenvalue weighted by Crippen LogP contribution is 2.25. The summed E-state index contributed by atoms with van der Waals surface area (Å²) in [6.45, 7) is 2.33. The number of carbonyl (C=O) groups excluding carboxylic acids is 1. The van der Waals surface area contributed by atoms with Gasteiger partial charge >= 0.3 is 5.97 Å². The van der Waals surface area contributed by atoms with Crippen LogP contribution in [0.1, 0.15) is 18.5 Å². The van der Waals surface area contributed by atoms with Crippen molar-refractivity contribution in [1.82, 2.24) is 5.32 Å². The zero-order chi connectivity index (χ0) is 15.0. The molecular weight excluding hydrogens is 287 g/mol. The van der Waals surface area contributed by atoms with E-state index < -0.39 is 17.8 Å².